The Bertz CT molecular complexity index is 444. The van der Waals surface area contributed by atoms with E-state index in [2.05, 4.69) is 0 Å². The summed E-state index contributed by atoms with van der Waals surface area (Å²) in [6.07, 6.45) is 0.0483. The lowest BCUT2D eigenvalue weighted by molar-refractivity contribution is 0.220. The minimum absolute atomic E-state index is 0.0483. The van der Waals surface area contributed by atoms with Crippen molar-refractivity contribution in [3.8, 4) is 0 Å². The van der Waals surface area contributed by atoms with Gasteiger partial charge in [-0.3, -0.25) is 0 Å². The Labute approximate surface area is 86.2 Å². The molecule has 1 unspecified atom stereocenters. The Morgan fingerprint density at radius 1 is 1.43 bits per heavy atom. The van der Waals surface area contributed by atoms with Crippen LogP contribution in [0.5, 0.6) is 0 Å². The SMILES string of the molecule is NS(=O)(=O)C1(O)Cc2ccccc2S1. The van der Waals surface area contributed by atoms with Gasteiger partial charge >= 0.3 is 0 Å². The van der Waals surface area contributed by atoms with Crippen LogP contribution in [0.3, 0.4) is 0 Å². The molecule has 1 heterocycles. The summed E-state index contributed by atoms with van der Waals surface area (Å²) in [7, 11) is -3.95. The van der Waals surface area contributed by atoms with E-state index in [0.717, 1.165) is 22.2 Å². The minimum Gasteiger partial charge on any atom is -0.365 e. The normalized spacial score (nSPS) is 26.1. The molecule has 0 saturated heterocycles. The summed E-state index contributed by atoms with van der Waals surface area (Å²) in [5.74, 6) is 0. The minimum atomic E-state index is -3.95. The van der Waals surface area contributed by atoms with E-state index in [0.29, 0.717) is 0 Å². The van der Waals surface area contributed by atoms with Crippen LogP contribution in [-0.4, -0.2) is 17.8 Å². The van der Waals surface area contributed by atoms with Gasteiger partial charge in [-0.15, -0.1) is 0 Å². The smallest absolute Gasteiger partial charge is 0.249 e. The monoisotopic (exact) mass is 231 g/mol. The summed E-state index contributed by atoms with van der Waals surface area (Å²) in [4.78, 5) is 0.768. The van der Waals surface area contributed by atoms with E-state index in [9.17, 15) is 13.5 Å². The van der Waals surface area contributed by atoms with Crippen molar-refractivity contribution in [2.24, 2.45) is 5.14 Å². The van der Waals surface area contributed by atoms with Gasteiger partial charge in [-0.2, -0.15) is 0 Å². The number of rotatable bonds is 1. The summed E-state index contributed by atoms with van der Waals surface area (Å²) < 4.78 is 20.4. The quantitative estimate of drug-likeness (QED) is 0.727. The Kier molecular flexibility index (Phi) is 2.11. The number of fused-ring (bicyclic) bond motifs is 1. The van der Waals surface area contributed by atoms with Gasteiger partial charge in [0.1, 0.15) is 0 Å². The first-order valence-corrected chi connectivity index (χ1v) is 6.30. The molecule has 1 aromatic carbocycles. The molecular weight excluding hydrogens is 222 g/mol. The van der Waals surface area contributed by atoms with E-state index < -0.39 is 14.3 Å². The zero-order chi connectivity index (χ0) is 10.4. The van der Waals surface area contributed by atoms with E-state index in [1.807, 2.05) is 0 Å². The van der Waals surface area contributed by atoms with Crippen LogP contribution in [0.2, 0.25) is 0 Å². The van der Waals surface area contributed by atoms with Gasteiger partial charge < -0.3 is 5.11 Å². The van der Waals surface area contributed by atoms with Gasteiger partial charge in [0, 0.05) is 11.3 Å². The van der Waals surface area contributed by atoms with E-state index in [1.54, 1.807) is 24.3 Å². The number of hydrogen-bond donors (Lipinski definition) is 2. The molecule has 4 nitrogen and oxygen atoms in total. The Morgan fingerprint density at radius 2 is 2.07 bits per heavy atom. The number of thioether (sulfide) groups is 1. The second-order valence-corrected chi connectivity index (χ2v) is 6.49. The van der Waals surface area contributed by atoms with E-state index in [1.165, 1.54) is 0 Å². The molecule has 0 fully saturated rings. The zero-order valence-corrected chi connectivity index (χ0v) is 8.81. The van der Waals surface area contributed by atoms with Crippen LogP contribution >= 0.6 is 11.8 Å². The molecule has 0 spiro atoms. The molecule has 1 atom stereocenters. The number of aliphatic hydroxyl groups is 1. The van der Waals surface area contributed by atoms with Crippen LogP contribution in [0.4, 0.5) is 0 Å². The fraction of sp³-hybridized carbons (Fsp3) is 0.250. The Hall–Kier alpha value is -0.560. The fourth-order valence-electron chi connectivity index (χ4n) is 1.36. The third-order valence-corrected chi connectivity index (χ3v) is 5.16. The standard InChI is InChI=1S/C8H9NO3S2/c9-14(11,12)8(10)5-6-3-1-2-4-7(6)13-8/h1-4,10H,5H2,(H2,9,11,12). The van der Waals surface area contributed by atoms with Gasteiger partial charge in [0.25, 0.3) is 0 Å². The molecule has 2 rings (SSSR count). The summed E-state index contributed by atoms with van der Waals surface area (Å²) >= 11 is 0.888. The Morgan fingerprint density at radius 3 is 2.64 bits per heavy atom. The predicted octanol–water partition coefficient (Wildman–Crippen LogP) is 0.269. The lowest BCUT2D eigenvalue weighted by Gasteiger charge is -2.17. The topological polar surface area (TPSA) is 80.4 Å². The van der Waals surface area contributed by atoms with Gasteiger partial charge in [0.15, 0.2) is 0 Å². The van der Waals surface area contributed by atoms with E-state index >= 15 is 0 Å². The number of primary sulfonamides is 1. The molecule has 1 aliphatic heterocycles. The maximum absolute atomic E-state index is 11.1. The summed E-state index contributed by atoms with van der Waals surface area (Å²) in [6, 6.07) is 7.14. The number of hydrogen-bond acceptors (Lipinski definition) is 4. The van der Waals surface area contributed by atoms with Crippen molar-refractivity contribution in [3.05, 3.63) is 29.8 Å². The van der Waals surface area contributed by atoms with Gasteiger partial charge in [-0.25, -0.2) is 13.6 Å². The Balaban J connectivity index is 2.45. The largest absolute Gasteiger partial charge is 0.365 e. The van der Waals surface area contributed by atoms with Crippen LogP contribution < -0.4 is 5.14 Å². The van der Waals surface area contributed by atoms with Gasteiger partial charge in [0.05, 0.1) is 0 Å². The lowest BCUT2D eigenvalue weighted by Crippen LogP contribution is -2.39. The first-order chi connectivity index (χ1) is 6.42. The van der Waals surface area contributed by atoms with Gasteiger partial charge in [-0.05, 0) is 11.6 Å². The molecule has 0 aromatic heterocycles. The highest BCUT2D eigenvalue weighted by Gasteiger charge is 2.45. The van der Waals surface area contributed by atoms with Gasteiger partial charge in [-0.1, -0.05) is 30.0 Å². The molecule has 1 aromatic rings. The molecule has 0 bridgehead atoms. The molecular formula is C8H9NO3S2. The molecule has 0 saturated carbocycles. The first-order valence-electron chi connectivity index (χ1n) is 3.94. The summed E-state index contributed by atoms with van der Waals surface area (Å²) in [5.41, 5.74) is 0.814. The molecule has 0 amide bonds. The average Bonchev–Trinajstić information content (AvgIpc) is 2.40. The highest BCUT2D eigenvalue weighted by molar-refractivity contribution is 8.13. The molecule has 0 radical (unpaired) electrons. The lowest BCUT2D eigenvalue weighted by atomic mass is 10.2. The van der Waals surface area contributed by atoms with Crippen LogP contribution in [0, 0.1) is 0 Å². The fourth-order valence-corrected chi connectivity index (χ4v) is 3.44. The van der Waals surface area contributed by atoms with Crippen molar-refractivity contribution < 1.29 is 13.5 Å². The summed E-state index contributed by atoms with van der Waals surface area (Å²) in [6.45, 7) is 0. The molecule has 76 valence electrons. The number of benzene rings is 1. The number of nitrogens with two attached hydrogens (primary N) is 1. The van der Waals surface area contributed by atoms with Crippen LogP contribution in [0.1, 0.15) is 5.56 Å². The first kappa shape index (κ1) is 9.97. The van der Waals surface area contributed by atoms with Crippen molar-refractivity contribution in [2.45, 2.75) is 15.6 Å². The van der Waals surface area contributed by atoms with Crippen LogP contribution in [-0.2, 0) is 16.4 Å². The predicted molar refractivity (Wildman–Crippen MR) is 54.1 cm³/mol. The van der Waals surface area contributed by atoms with E-state index in [4.69, 9.17) is 5.14 Å². The van der Waals surface area contributed by atoms with Crippen LogP contribution in [0.25, 0.3) is 0 Å². The van der Waals surface area contributed by atoms with Gasteiger partial charge in [0.2, 0.25) is 14.3 Å². The maximum Gasteiger partial charge on any atom is 0.249 e. The van der Waals surface area contributed by atoms with Crippen molar-refractivity contribution in [2.75, 3.05) is 0 Å². The second kappa shape index (κ2) is 2.96. The number of sulfonamides is 1. The average molecular weight is 231 g/mol. The van der Waals surface area contributed by atoms with Crippen molar-refractivity contribution in [1.82, 2.24) is 0 Å². The third kappa shape index (κ3) is 1.44. The molecule has 6 heteroatoms. The van der Waals surface area contributed by atoms with Crippen molar-refractivity contribution in [1.29, 1.82) is 0 Å². The highest BCUT2D eigenvalue weighted by Crippen LogP contribution is 2.45. The van der Waals surface area contributed by atoms with Crippen molar-refractivity contribution in [3.63, 3.8) is 0 Å². The molecule has 14 heavy (non-hydrogen) atoms. The summed E-state index contributed by atoms with van der Waals surface area (Å²) in [5, 5.41) is 14.8. The maximum atomic E-state index is 11.1. The highest BCUT2D eigenvalue weighted by atomic mass is 32.3. The molecule has 3 N–H and O–H groups in total. The van der Waals surface area contributed by atoms with Crippen molar-refractivity contribution >= 4 is 21.8 Å². The van der Waals surface area contributed by atoms with E-state index in [-0.39, 0.29) is 6.42 Å². The molecule has 1 aliphatic rings. The second-order valence-electron chi connectivity index (χ2n) is 3.14. The van der Waals surface area contributed by atoms with Crippen LogP contribution in [0.15, 0.2) is 29.2 Å². The molecule has 0 aliphatic carbocycles. The zero-order valence-electron chi connectivity index (χ0n) is 7.17. The third-order valence-electron chi connectivity index (χ3n) is 2.10.